The number of aromatic nitrogens is 2. The number of aryl methyl sites for hydroxylation is 3. The number of rotatable bonds is 9. The van der Waals surface area contributed by atoms with Gasteiger partial charge in [0.1, 0.15) is 0 Å². The summed E-state index contributed by atoms with van der Waals surface area (Å²) in [6, 6.07) is 9.68. The number of amides is 2. The molecule has 2 N–H and O–H groups in total. The minimum Gasteiger partial charge on any atom is -0.355 e. The maximum Gasteiger partial charge on any atom is 0.234 e. The van der Waals surface area contributed by atoms with E-state index in [1.807, 2.05) is 55.8 Å². The number of hydrogen-bond acceptors (Lipinski definition) is 4. The molecule has 0 saturated heterocycles. The second-order valence-corrected chi connectivity index (χ2v) is 7.91. The summed E-state index contributed by atoms with van der Waals surface area (Å²) in [4.78, 5) is 23.9. The van der Waals surface area contributed by atoms with Crippen LogP contribution in [0.3, 0.4) is 0 Å². The summed E-state index contributed by atoms with van der Waals surface area (Å²) in [6.07, 6.45) is 0. The molecule has 0 saturated carbocycles. The number of benzene rings is 1. The fourth-order valence-corrected chi connectivity index (χ4v) is 3.28. The molecule has 2 rings (SSSR count). The van der Waals surface area contributed by atoms with Gasteiger partial charge in [-0.1, -0.05) is 24.6 Å². The van der Waals surface area contributed by atoms with E-state index in [-0.39, 0.29) is 29.2 Å². The second-order valence-electron chi connectivity index (χ2n) is 6.93. The lowest BCUT2D eigenvalue weighted by atomic mass is 10.2. The summed E-state index contributed by atoms with van der Waals surface area (Å²) in [5, 5.41) is 10.2. The highest BCUT2D eigenvalue weighted by Gasteiger charge is 2.10. The first-order valence-corrected chi connectivity index (χ1v) is 10.2. The number of anilines is 1. The van der Waals surface area contributed by atoms with Gasteiger partial charge in [-0.25, -0.2) is 0 Å². The van der Waals surface area contributed by atoms with Crippen LogP contribution >= 0.6 is 11.8 Å². The quantitative estimate of drug-likeness (QED) is 0.692. The molecule has 1 atom stereocenters. The van der Waals surface area contributed by atoms with E-state index < -0.39 is 0 Å². The lowest BCUT2D eigenvalue weighted by molar-refractivity contribution is -0.118. The van der Waals surface area contributed by atoms with Gasteiger partial charge in [-0.2, -0.15) is 5.10 Å². The van der Waals surface area contributed by atoms with Crippen LogP contribution in [-0.4, -0.2) is 39.6 Å². The Hall–Kier alpha value is -2.28. The zero-order chi connectivity index (χ0) is 19.8. The third-order valence-electron chi connectivity index (χ3n) is 4.04. The van der Waals surface area contributed by atoms with E-state index in [9.17, 15) is 9.59 Å². The van der Waals surface area contributed by atoms with Crippen molar-refractivity contribution in [3.63, 3.8) is 0 Å². The first-order valence-electron chi connectivity index (χ1n) is 9.05. The van der Waals surface area contributed by atoms with Gasteiger partial charge in [-0.05, 0) is 44.9 Å². The Balaban J connectivity index is 1.62. The first-order chi connectivity index (χ1) is 12.8. The summed E-state index contributed by atoms with van der Waals surface area (Å²) in [5.41, 5.74) is 4.05. The van der Waals surface area contributed by atoms with Gasteiger partial charge in [-0.3, -0.25) is 14.3 Å². The summed E-state index contributed by atoms with van der Waals surface area (Å²) < 4.78 is 1.97. The Kier molecular flexibility index (Phi) is 7.91. The van der Waals surface area contributed by atoms with E-state index in [2.05, 4.69) is 22.7 Å². The van der Waals surface area contributed by atoms with Gasteiger partial charge in [-0.15, -0.1) is 11.8 Å². The van der Waals surface area contributed by atoms with Gasteiger partial charge >= 0.3 is 0 Å². The van der Waals surface area contributed by atoms with Crippen LogP contribution in [0.2, 0.25) is 0 Å². The monoisotopic (exact) mass is 388 g/mol. The molecule has 6 nitrogen and oxygen atoms in total. The molecule has 0 radical (unpaired) electrons. The topological polar surface area (TPSA) is 76.0 Å². The van der Waals surface area contributed by atoms with E-state index in [0.717, 1.165) is 29.2 Å². The average molecular weight is 389 g/mol. The average Bonchev–Trinajstić information content (AvgIpc) is 2.92. The minimum absolute atomic E-state index is 0.0525. The molecule has 2 aromatic rings. The van der Waals surface area contributed by atoms with Crippen molar-refractivity contribution >= 4 is 29.3 Å². The molecule has 1 unspecified atom stereocenters. The lowest BCUT2D eigenvalue weighted by Gasteiger charge is -2.14. The zero-order valence-electron chi connectivity index (χ0n) is 16.4. The van der Waals surface area contributed by atoms with E-state index >= 15 is 0 Å². The molecule has 0 aliphatic heterocycles. The molecule has 0 fully saturated rings. The van der Waals surface area contributed by atoms with Crippen molar-refractivity contribution in [1.29, 1.82) is 0 Å². The van der Waals surface area contributed by atoms with Crippen LogP contribution in [-0.2, 0) is 16.1 Å². The fraction of sp³-hybridized carbons (Fsp3) is 0.450. The Morgan fingerprint density at radius 1 is 1.11 bits per heavy atom. The smallest absolute Gasteiger partial charge is 0.234 e. The summed E-state index contributed by atoms with van der Waals surface area (Å²) >= 11 is 1.31. The third-order valence-corrected chi connectivity index (χ3v) is 4.97. The zero-order valence-corrected chi connectivity index (χ0v) is 17.2. The van der Waals surface area contributed by atoms with Crippen LogP contribution in [0.4, 0.5) is 5.69 Å². The maximum absolute atomic E-state index is 12.0. The number of nitrogens with one attached hydrogen (secondary N) is 2. The van der Waals surface area contributed by atoms with Gasteiger partial charge in [0.25, 0.3) is 0 Å². The predicted octanol–water partition coefficient (Wildman–Crippen LogP) is 2.93. The molecular formula is C20H28N4O2S. The largest absolute Gasteiger partial charge is 0.355 e. The van der Waals surface area contributed by atoms with E-state index in [1.54, 1.807) is 0 Å². The van der Waals surface area contributed by atoms with Gasteiger partial charge in [0.2, 0.25) is 11.8 Å². The van der Waals surface area contributed by atoms with Crippen molar-refractivity contribution in [2.45, 2.75) is 34.2 Å². The molecule has 7 heteroatoms. The lowest BCUT2D eigenvalue weighted by Crippen LogP contribution is -2.32. The normalized spacial score (nSPS) is 11.9. The summed E-state index contributed by atoms with van der Waals surface area (Å²) in [6.45, 7) is 9.45. The van der Waals surface area contributed by atoms with E-state index in [1.165, 1.54) is 11.8 Å². The first kappa shape index (κ1) is 21.0. The van der Waals surface area contributed by atoms with Crippen LogP contribution in [0, 0.1) is 26.7 Å². The predicted molar refractivity (Wildman–Crippen MR) is 111 cm³/mol. The van der Waals surface area contributed by atoms with Crippen molar-refractivity contribution in [1.82, 2.24) is 15.1 Å². The van der Waals surface area contributed by atoms with Crippen molar-refractivity contribution in [3.8, 4) is 0 Å². The minimum atomic E-state index is -0.102. The molecule has 1 aromatic heterocycles. The van der Waals surface area contributed by atoms with Crippen molar-refractivity contribution in [2.75, 3.05) is 23.4 Å². The third kappa shape index (κ3) is 7.46. The van der Waals surface area contributed by atoms with Gasteiger partial charge in [0.15, 0.2) is 0 Å². The van der Waals surface area contributed by atoms with Crippen LogP contribution in [0.25, 0.3) is 0 Å². The molecule has 0 aliphatic rings. The highest BCUT2D eigenvalue weighted by Crippen LogP contribution is 2.10. The molecule has 146 valence electrons. The molecular weight excluding hydrogens is 360 g/mol. The van der Waals surface area contributed by atoms with Gasteiger partial charge < -0.3 is 10.6 Å². The Bertz CT molecular complexity index is 771. The number of carbonyl (C=O) groups is 2. The molecule has 27 heavy (non-hydrogen) atoms. The summed E-state index contributed by atoms with van der Waals surface area (Å²) in [7, 11) is 0. The Labute approximate surface area is 165 Å². The maximum atomic E-state index is 12.0. The highest BCUT2D eigenvalue weighted by atomic mass is 32.2. The fourth-order valence-electron chi connectivity index (χ4n) is 2.63. The molecule has 1 heterocycles. The molecule has 0 bridgehead atoms. The highest BCUT2D eigenvalue weighted by molar-refractivity contribution is 8.00. The Morgan fingerprint density at radius 2 is 1.78 bits per heavy atom. The molecule has 0 aliphatic carbocycles. The van der Waals surface area contributed by atoms with E-state index in [4.69, 9.17) is 0 Å². The number of hydrogen-bond donors (Lipinski definition) is 2. The van der Waals surface area contributed by atoms with Crippen LogP contribution in [0.15, 0.2) is 30.3 Å². The second kappa shape index (κ2) is 10.2. The summed E-state index contributed by atoms with van der Waals surface area (Å²) in [5.74, 6) is 0.649. The van der Waals surface area contributed by atoms with Crippen LogP contribution in [0.1, 0.15) is 23.9 Å². The van der Waals surface area contributed by atoms with Crippen molar-refractivity contribution in [2.24, 2.45) is 5.92 Å². The SMILES string of the molecule is Cc1ccc(NC(=O)CSCC(=O)NCC(C)Cn2nc(C)cc2C)cc1. The van der Waals surface area contributed by atoms with Gasteiger partial charge in [0.05, 0.1) is 17.2 Å². The standard InChI is InChI=1S/C20H28N4O2S/c1-14-5-7-18(8-6-14)22-20(26)13-27-12-19(25)21-10-15(2)11-24-17(4)9-16(3)23-24/h5-9,15H,10-13H2,1-4H3,(H,21,25)(H,22,26). The van der Waals surface area contributed by atoms with E-state index in [0.29, 0.717) is 6.54 Å². The van der Waals surface area contributed by atoms with Gasteiger partial charge in [0, 0.05) is 24.5 Å². The van der Waals surface area contributed by atoms with Crippen molar-refractivity contribution < 1.29 is 9.59 Å². The number of nitrogens with zero attached hydrogens (tertiary/aromatic N) is 2. The molecule has 1 aromatic carbocycles. The number of thioether (sulfide) groups is 1. The van der Waals surface area contributed by atoms with Crippen LogP contribution < -0.4 is 10.6 Å². The molecule has 2 amide bonds. The van der Waals surface area contributed by atoms with Crippen molar-refractivity contribution in [3.05, 3.63) is 47.3 Å². The van der Waals surface area contributed by atoms with Crippen LogP contribution in [0.5, 0.6) is 0 Å². The molecule has 0 spiro atoms. The Morgan fingerprint density at radius 3 is 2.41 bits per heavy atom. The number of carbonyl (C=O) groups excluding carboxylic acids is 2.